The Morgan fingerprint density at radius 3 is 2.42 bits per heavy atom. The van der Waals surface area contributed by atoms with E-state index in [0.717, 1.165) is 18.9 Å². The van der Waals surface area contributed by atoms with Gasteiger partial charge in [0.05, 0.1) is 6.10 Å². The molecular weight excluding hydrogens is 150 g/mol. The second kappa shape index (κ2) is 4.83. The van der Waals surface area contributed by atoms with Gasteiger partial charge in [-0.1, -0.05) is 6.92 Å². The molecule has 2 atom stereocenters. The van der Waals surface area contributed by atoms with Crippen LogP contribution in [0.3, 0.4) is 0 Å². The molecule has 2 unspecified atom stereocenters. The zero-order chi connectivity index (χ0) is 8.97. The highest BCUT2D eigenvalue weighted by Gasteiger charge is 2.34. The van der Waals surface area contributed by atoms with Crippen LogP contribution >= 0.6 is 0 Å². The largest absolute Gasteiger partial charge is 0.377 e. The Morgan fingerprint density at radius 2 is 2.08 bits per heavy atom. The van der Waals surface area contributed by atoms with Gasteiger partial charge < -0.3 is 10.1 Å². The van der Waals surface area contributed by atoms with Crippen LogP contribution < -0.4 is 5.32 Å². The molecule has 2 nitrogen and oxygen atoms in total. The van der Waals surface area contributed by atoms with Gasteiger partial charge in [0.1, 0.15) is 0 Å². The summed E-state index contributed by atoms with van der Waals surface area (Å²) in [7, 11) is 2.05. The first-order valence-corrected chi connectivity index (χ1v) is 5.12. The van der Waals surface area contributed by atoms with Crippen LogP contribution in [0.15, 0.2) is 0 Å². The van der Waals surface area contributed by atoms with Gasteiger partial charge in [0.15, 0.2) is 0 Å². The lowest BCUT2D eigenvalue weighted by atomic mass is 10.0. The van der Waals surface area contributed by atoms with Crippen LogP contribution in [0.2, 0.25) is 0 Å². The molecular formula is C10H21NO. The summed E-state index contributed by atoms with van der Waals surface area (Å²) in [6.07, 6.45) is 4.31. The Balaban J connectivity index is 2.36. The second-order valence-electron chi connectivity index (χ2n) is 3.55. The molecule has 0 bridgehead atoms. The van der Waals surface area contributed by atoms with Crippen LogP contribution in [-0.4, -0.2) is 25.8 Å². The summed E-state index contributed by atoms with van der Waals surface area (Å²) in [6.45, 7) is 5.11. The van der Waals surface area contributed by atoms with E-state index < -0.39 is 0 Å². The quantitative estimate of drug-likeness (QED) is 0.658. The Morgan fingerprint density at radius 1 is 1.42 bits per heavy atom. The van der Waals surface area contributed by atoms with Gasteiger partial charge in [-0.2, -0.15) is 0 Å². The molecule has 0 aliphatic heterocycles. The van der Waals surface area contributed by atoms with Gasteiger partial charge in [0, 0.05) is 12.6 Å². The van der Waals surface area contributed by atoms with E-state index in [1.54, 1.807) is 0 Å². The maximum Gasteiger partial charge on any atom is 0.0727 e. The van der Waals surface area contributed by atoms with Crippen molar-refractivity contribution in [3.63, 3.8) is 0 Å². The van der Waals surface area contributed by atoms with Crippen molar-refractivity contribution in [1.29, 1.82) is 0 Å². The summed E-state index contributed by atoms with van der Waals surface area (Å²) in [5, 5.41) is 3.37. The molecule has 1 fully saturated rings. The number of likely N-dealkylation sites (N-methyl/N-ethyl adjacent to an activating group) is 1. The number of nitrogens with one attached hydrogen (secondary N) is 1. The molecule has 1 aliphatic carbocycles. The van der Waals surface area contributed by atoms with Gasteiger partial charge in [0.25, 0.3) is 0 Å². The number of hydrogen-bond donors (Lipinski definition) is 1. The number of hydrogen-bond acceptors (Lipinski definition) is 2. The molecule has 1 aliphatic rings. The highest BCUT2D eigenvalue weighted by molar-refractivity contribution is 4.90. The van der Waals surface area contributed by atoms with Crippen molar-refractivity contribution >= 4 is 0 Å². The smallest absolute Gasteiger partial charge is 0.0727 e. The average Bonchev–Trinajstić information content (AvgIpc) is 2.88. The van der Waals surface area contributed by atoms with Crippen LogP contribution in [-0.2, 0) is 4.74 Å². The molecule has 2 heteroatoms. The standard InChI is InChI=1S/C10H21NO/c1-4-9(12-5-2)10(11-3)8-6-7-8/h8-11H,4-7H2,1-3H3. The first kappa shape index (κ1) is 10.0. The van der Waals surface area contributed by atoms with E-state index >= 15 is 0 Å². The summed E-state index contributed by atoms with van der Waals surface area (Å²) in [5.41, 5.74) is 0. The van der Waals surface area contributed by atoms with Gasteiger partial charge in [-0.05, 0) is 39.2 Å². The summed E-state index contributed by atoms with van der Waals surface area (Å²) in [6, 6.07) is 0.593. The van der Waals surface area contributed by atoms with Crippen molar-refractivity contribution in [2.45, 2.75) is 45.3 Å². The van der Waals surface area contributed by atoms with Crippen molar-refractivity contribution in [1.82, 2.24) is 5.32 Å². The summed E-state index contributed by atoms with van der Waals surface area (Å²) in [5.74, 6) is 0.881. The topological polar surface area (TPSA) is 21.3 Å². The van der Waals surface area contributed by atoms with E-state index in [4.69, 9.17) is 4.74 Å². The minimum atomic E-state index is 0.424. The predicted octanol–water partition coefficient (Wildman–Crippen LogP) is 1.80. The molecule has 1 rings (SSSR count). The monoisotopic (exact) mass is 171 g/mol. The van der Waals surface area contributed by atoms with Crippen LogP contribution in [0.1, 0.15) is 33.1 Å². The molecule has 0 saturated heterocycles. The molecule has 72 valence electrons. The fourth-order valence-electron chi connectivity index (χ4n) is 1.87. The molecule has 0 aromatic carbocycles. The minimum Gasteiger partial charge on any atom is -0.377 e. The van der Waals surface area contributed by atoms with Crippen LogP contribution in [0.5, 0.6) is 0 Å². The first-order valence-electron chi connectivity index (χ1n) is 5.12. The normalized spacial score (nSPS) is 22.2. The number of ether oxygens (including phenoxy) is 1. The van der Waals surface area contributed by atoms with Gasteiger partial charge in [0.2, 0.25) is 0 Å². The van der Waals surface area contributed by atoms with E-state index in [2.05, 4.69) is 19.2 Å². The van der Waals surface area contributed by atoms with E-state index in [1.165, 1.54) is 12.8 Å². The van der Waals surface area contributed by atoms with E-state index in [1.807, 2.05) is 7.05 Å². The fourth-order valence-corrected chi connectivity index (χ4v) is 1.87. The van der Waals surface area contributed by atoms with Crippen molar-refractivity contribution in [3.05, 3.63) is 0 Å². The Hall–Kier alpha value is -0.0800. The van der Waals surface area contributed by atoms with Gasteiger partial charge in [-0.15, -0.1) is 0 Å². The predicted molar refractivity (Wildman–Crippen MR) is 51.3 cm³/mol. The lowest BCUT2D eigenvalue weighted by Gasteiger charge is -2.25. The highest BCUT2D eigenvalue weighted by atomic mass is 16.5. The Labute approximate surface area is 75.7 Å². The SMILES string of the molecule is CCOC(CC)C(NC)C1CC1. The molecule has 0 aromatic heterocycles. The van der Waals surface area contributed by atoms with Crippen molar-refractivity contribution < 1.29 is 4.74 Å². The lowest BCUT2D eigenvalue weighted by Crippen LogP contribution is -2.40. The maximum absolute atomic E-state index is 5.68. The molecule has 1 saturated carbocycles. The molecule has 12 heavy (non-hydrogen) atoms. The third kappa shape index (κ3) is 2.46. The van der Waals surface area contributed by atoms with Crippen LogP contribution in [0.25, 0.3) is 0 Å². The Kier molecular flexibility index (Phi) is 4.02. The average molecular weight is 171 g/mol. The van der Waals surface area contributed by atoms with E-state index in [0.29, 0.717) is 12.1 Å². The highest BCUT2D eigenvalue weighted by Crippen LogP contribution is 2.35. The first-order chi connectivity index (χ1) is 5.83. The van der Waals surface area contributed by atoms with E-state index in [9.17, 15) is 0 Å². The van der Waals surface area contributed by atoms with Gasteiger partial charge >= 0.3 is 0 Å². The Bertz CT molecular complexity index is 123. The zero-order valence-electron chi connectivity index (χ0n) is 8.47. The number of rotatable bonds is 6. The maximum atomic E-state index is 5.68. The zero-order valence-corrected chi connectivity index (χ0v) is 8.47. The van der Waals surface area contributed by atoms with Crippen LogP contribution in [0.4, 0.5) is 0 Å². The third-order valence-electron chi connectivity index (χ3n) is 2.65. The van der Waals surface area contributed by atoms with Crippen molar-refractivity contribution in [3.8, 4) is 0 Å². The molecule has 0 amide bonds. The molecule has 0 aromatic rings. The minimum absolute atomic E-state index is 0.424. The lowest BCUT2D eigenvalue weighted by molar-refractivity contribution is 0.0281. The summed E-state index contributed by atoms with van der Waals surface area (Å²) < 4.78 is 5.68. The second-order valence-corrected chi connectivity index (χ2v) is 3.55. The van der Waals surface area contributed by atoms with Crippen molar-refractivity contribution in [2.24, 2.45) is 5.92 Å². The van der Waals surface area contributed by atoms with Gasteiger partial charge in [-0.3, -0.25) is 0 Å². The molecule has 1 N–H and O–H groups in total. The van der Waals surface area contributed by atoms with E-state index in [-0.39, 0.29) is 0 Å². The molecule has 0 radical (unpaired) electrons. The third-order valence-corrected chi connectivity index (χ3v) is 2.65. The summed E-state index contributed by atoms with van der Waals surface area (Å²) in [4.78, 5) is 0. The van der Waals surface area contributed by atoms with Crippen molar-refractivity contribution in [2.75, 3.05) is 13.7 Å². The fraction of sp³-hybridized carbons (Fsp3) is 1.00. The molecule has 0 heterocycles. The van der Waals surface area contributed by atoms with Crippen LogP contribution in [0, 0.1) is 5.92 Å². The molecule has 0 spiro atoms. The van der Waals surface area contributed by atoms with Gasteiger partial charge in [-0.25, -0.2) is 0 Å². The summed E-state index contributed by atoms with van der Waals surface area (Å²) >= 11 is 0.